The average molecular weight is 552 g/mol. The number of benzene rings is 2. The van der Waals surface area contributed by atoms with Crippen LogP contribution in [0, 0.1) is 0 Å². The van der Waals surface area contributed by atoms with E-state index in [-0.39, 0.29) is 5.97 Å². The van der Waals surface area contributed by atoms with Gasteiger partial charge in [-0.3, -0.25) is 4.79 Å². The Morgan fingerprint density at radius 1 is 1.18 bits per heavy atom. The van der Waals surface area contributed by atoms with E-state index in [9.17, 15) is 4.79 Å². The summed E-state index contributed by atoms with van der Waals surface area (Å²) in [6.45, 7) is 6.02. The molecule has 5 nitrogen and oxygen atoms in total. The number of thiazole rings is 1. The van der Waals surface area contributed by atoms with E-state index in [0.717, 1.165) is 84.4 Å². The zero-order valence-electron chi connectivity index (χ0n) is 22.4. The molecular formula is C31H37NO4S2. The van der Waals surface area contributed by atoms with E-state index in [1.54, 1.807) is 11.3 Å². The van der Waals surface area contributed by atoms with Crippen LogP contribution >= 0.6 is 23.1 Å². The fourth-order valence-corrected chi connectivity index (χ4v) is 7.16. The topological polar surface area (TPSA) is 57.7 Å². The Morgan fingerprint density at radius 3 is 2.95 bits per heavy atom. The van der Waals surface area contributed by atoms with Crippen molar-refractivity contribution in [1.82, 2.24) is 4.98 Å². The van der Waals surface area contributed by atoms with E-state index in [2.05, 4.69) is 43.3 Å². The molecule has 0 saturated carbocycles. The summed E-state index contributed by atoms with van der Waals surface area (Å²) >= 11 is 3.54. The van der Waals surface area contributed by atoms with E-state index < -0.39 is 0 Å². The fourth-order valence-electron chi connectivity index (χ4n) is 5.29. The maximum atomic E-state index is 11.9. The van der Waals surface area contributed by atoms with Gasteiger partial charge in [0.15, 0.2) is 5.06 Å². The van der Waals surface area contributed by atoms with Gasteiger partial charge in [-0.15, -0.1) is 11.8 Å². The molecular weight excluding hydrogens is 514 g/mol. The van der Waals surface area contributed by atoms with Gasteiger partial charge in [-0.05, 0) is 98.4 Å². The third-order valence-corrected chi connectivity index (χ3v) is 9.27. The van der Waals surface area contributed by atoms with Crippen molar-refractivity contribution in [3.63, 3.8) is 0 Å². The lowest BCUT2D eigenvalue weighted by Crippen LogP contribution is -2.08. The van der Waals surface area contributed by atoms with Gasteiger partial charge < -0.3 is 14.2 Å². The van der Waals surface area contributed by atoms with E-state index >= 15 is 0 Å². The van der Waals surface area contributed by atoms with Gasteiger partial charge in [0.25, 0.3) is 0 Å². The molecule has 0 bridgehead atoms. The van der Waals surface area contributed by atoms with Gasteiger partial charge in [-0.1, -0.05) is 30.7 Å². The second kappa shape index (κ2) is 13.0. The molecule has 0 saturated heterocycles. The number of ether oxygens (including phenoxy) is 3. The first kappa shape index (κ1) is 27.1. The van der Waals surface area contributed by atoms with Gasteiger partial charge in [-0.25, -0.2) is 4.98 Å². The summed E-state index contributed by atoms with van der Waals surface area (Å²) in [5, 5.41) is 2.03. The van der Waals surface area contributed by atoms with Crippen LogP contribution in [-0.2, 0) is 28.8 Å². The van der Waals surface area contributed by atoms with Crippen molar-refractivity contribution >= 4 is 29.1 Å². The van der Waals surface area contributed by atoms with Gasteiger partial charge in [0, 0.05) is 16.2 Å². The van der Waals surface area contributed by atoms with Crippen molar-refractivity contribution in [2.24, 2.45) is 0 Å². The maximum absolute atomic E-state index is 11.9. The molecule has 3 aromatic rings. The van der Waals surface area contributed by atoms with Crippen LogP contribution in [0.5, 0.6) is 10.8 Å². The Hall–Kier alpha value is -2.51. The predicted octanol–water partition coefficient (Wildman–Crippen LogP) is 7.63. The van der Waals surface area contributed by atoms with Crippen molar-refractivity contribution in [3.8, 4) is 21.4 Å². The van der Waals surface area contributed by atoms with E-state index in [1.807, 2.05) is 18.7 Å². The van der Waals surface area contributed by atoms with Gasteiger partial charge in [-0.2, -0.15) is 0 Å². The number of thioether (sulfide) groups is 1. The third-order valence-electron chi connectivity index (χ3n) is 7.13. The van der Waals surface area contributed by atoms with Crippen LogP contribution in [0.3, 0.4) is 0 Å². The molecule has 0 spiro atoms. The molecule has 1 aliphatic heterocycles. The van der Waals surface area contributed by atoms with Crippen molar-refractivity contribution in [3.05, 3.63) is 58.8 Å². The number of fused-ring (bicyclic) bond motifs is 2. The normalized spacial score (nSPS) is 16.0. The Bertz CT molecular complexity index is 1230. The number of esters is 1. The molecule has 2 heterocycles. The molecule has 7 heteroatoms. The van der Waals surface area contributed by atoms with Gasteiger partial charge >= 0.3 is 5.97 Å². The molecule has 0 unspecified atom stereocenters. The predicted molar refractivity (Wildman–Crippen MR) is 155 cm³/mol. The Balaban J connectivity index is 1.12. The third kappa shape index (κ3) is 6.55. The minimum atomic E-state index is -0.0861. The Labute approximate surface area is 234 Å². The molecule has 1 aliphatic carbocycles. The summed E-state index contributed by atoms with van der Waals surface area (Å²) in [4.78, 5) is 18.1. The van der Waals surface area contributed by atoms with Crippen LogP contribution in [-0.4, -0.2) is 36.5 Å². The number of aryl methyl sites for hydroxylation is 3. The lowest BCUT2D eigenvalue weighted by Gasteiger charge is -2.13. The number of carbonyl (C=O) groups is 1. The molecule has 0 amide bonds. The van der Waals surface area contributed by atoms with Gasteiger partial charge in [0.2, 0.25) is 0 Å². The second-order valence-corrected chi connectivity index (χ2v) is 12.1. The quantitative estimate of drug-likeness (QED) is 0.131. The van der Waals surface area contributed by atoms with Crippen LogP contribution in [0.15, 0.2) is 41.3 Å². The Kier molecular flexibility index (Phi) is 9.28. The molecule has 1 atom stereocenters. The molecule has 5 rings (SSSR count). The highest BCUT2D eigenvalue weighted by Crippen LogP contribution is 2.39. The SMILES string of the molecule is CCCc1cc(-c2nc3c(s2)OCCC3)ccc1OCCCSc1ccc2c(c1)CC[C@H]2CC(=O)OCC. The summed E-state index contributed by atoms with van der Waals surface area (Å²) in [6.07, 6.45) is 7.68. The smallest absolute Gasteiger partial charge is 0.306 e. The molecule has 1 aromatic heterocycles. The van der Waals surface area contributed by atoms with E-state index in [0.29, 0.717) is 25.6 Å². The second-order valence-electron chi connectivity index (χ2n) is 9.93. The van der Waals surface area contributed by atoms with Crippen LogP contribution in [0.1, 0.15) is 74.3 Å². The first-order chi connectivity index (χ1) is 18.6. The summed E-state index contributed by atoms with van der Waals surface area (Å²) < 4.78 is 17.2. The number of aromatic nitrogens is 1. The minimum Gasteiger partial charge on any atom is -0.493 e. The number of hydrogen-bond donors (Lipinski definition) is 0. The molecule has 38 heavy (non-hydrogen) atoms. The van der Waals surface area contributed by atoms with Gasteiger partial charge in [0.1, 0.15) is 10.8 Å². The van der Waals surface area contributed by atoms with Gasteiger partial charge in [0.05, 0.1) is 31.9 Å². The van der Waals surface area contributed by atoms with E-state index in [1.165, 1.54) is 21.6 Å². The molecule has 0 radical (unpaired) electrons. The number of hydrogen-bond acceptors (Lipinski definition) is 7. The molecule has 2 aromatic carbocycles. The first-order valence-electron chi connectivity index (χ1n) is 13.9. The maximum Gasteiger partial charge on any atom is 0.306 e. The van der Waals surface area contributed by atoms with Crippen molar-refractivity contribution in [2.45, 2.75) is 76.0 Å². The van der Waals surface area contributed by atoms with Crippen molar-refractivity contribution < 1.29 is 19.0 Å². The fraction of sp³-hybridized carbons (Fsp3) is 0.484. The largest absolute Gasteiger partial charge is 0.493 e. The molecule has 0 fully saturated rings. The zero-order chi connectivity index (χ0) is 26.3. The lowest BCUT2D eigenvalue weighted by molar-refractivity contribution is -0.143. The molecule has 2 aliphatic rings. The van der Waals surface area contributed by atoms with Crippen LogP contribution in [0.2, 0.25) is 0 Å². The van der Waals surface area contributed by atoms with Crippen molar-refractivity contribution in [2.75, 3.05) is 25.6 Å². The lowest BCUT2D eigenvalue weighted by atomic mass is 9.98. The zero-order valence-corrected chi connectivity index (χ0v) is 24.1. The van der Waals surface area contributed by atoms with Crippen molar-refractivity contribution in [1.29, 1.82) is 0 Å². The monoisotopic (exact) mass is 551 g/mol. The van der Waals surface area contributed by atoms with Crippen LogP contribution in [0.4, 0.5) is 0 Å². The molecule has 202 valence electrons. The summed E-state index contributed by atoms with van der Waals surface area (Å²) in [7, 11) is 0. The number of carbonyl (C=O) groups excluding carboxylic acids is 1. The first-order valence-corrected chi connectivity index (χ1v) is 15.7. The van der Waals surface area contributed by atoms with Crippen LogP contribution in [0.25, 0.3) is 10.6 Å². The summed E-state index contributed by atoms with van der Waals surface area (Å²) in [6, 6.07) is 13.2. The standard InChI is InChI=1S/C31H37NO4S2/c1-3-7-23-18-24(30-32-27-8-5-15-36-31(27)38-30)11-14-28(23)35-16-6-17-37-25-12-13-26-21(19-25)9-10-22(26)20-29(33)34-4-2/h11-14,18-19,22H,3-10,15-17,20H2,1-2H3/t22-/m0/s1. The summed E-state index contributed by atoms with van der Waals surface area (Å²) in [5.74, 6) is 2.21. The number of rotatable bonds is 12. The van der Waals surface area contributed by atoms with E-state index in [4.69, 9.17) is 19.2 Å². The summed E-state index contributed by atoms with van der Waals surface area (Å²) in [5.41, 5.74) is 6.22. The highest BCUT2D eigenvalue weighted by molar-refractivity contribution is 7.99. The Morgan fingerprint density at radius 2 is 2.11 bits per heavy atom. The highest BCUT2D eigenvalue weighted by Gasteiger charge is 2.25. The highest BCUT2D eigenvalue weighted by atomic mass is 32.2. The van der Waals surface area contributed by atoms with Crippen LogP contribution < -0.4 is 9.47 Å². The average Bonchev–Trinajstić information content (AvgIpc) is 3.53. The number of nitrogens with zero attached hydrogens (tertiary/aromatic N) is 1. The molecule has 0 N–H and O–H groups in total. The minimum absolute atomic E-state index is 0.0861.